The number of hydrogen-bond donors (Lipinski definition) is 1. The minimum atomic E-state index is 0.896. The maximum atomic E-state index is 4.57. The molecular formula is C16H26N4. The van der Waals surface area contributed by atoms with Gasteiger partial charge in [-0.2, -0.15) is 0 Å². The molecule has 0 atom stereocenters. The summed E-state index contributed by atoms with van der Waals surface area (Å²) in [6, 6.07) is 4.35. The Kier molecular flexibility index (Phi) is 4.65. The van der Waals surface area contributed by atoms with Gasteiger partial charge in [-0.05, 0) is 37.4 Å². The summed E-state index contributed by atoms with van der Waals surface area (Å²) in [6.45, 7) is 8.07. The van der Waals surface area contributed by atoms with Gasteiger partial charge in [-0.3, -0.25) is 9.88 Å². The Morgan fingerprint density at radius 2 is 1.90 bits per heavy atom. The highest BCUT2D eigenvalue weighted by atomic mass is 15.3. The van der Waals surface area contributed by atoms with Gasteiger partial charge in [-0.15, -0.1) is 0 Å². The summed E-state index contributed by atoms with van der Waals surface area (Å²) in [5.74, 6) is 1.02. The molecule has 0 aromatic carbocycles. The molecule has 1 N–H and O–H groups in total. The molecule has 2 fully saturated rings. The zero-order valence-corrected chi connectivity index (χ0v) is 12.5. The van der Waals surface area contributed by atoms with Crippen molar-refractivity contribution in [2.45, 2.75) is 25.9 Å². The van der Waals surface area contributed by atoms with Gasteiger partial charge in [0.2, 0.25) is 0 Å². The van der Waals surface area contributed by atoms with Crippen LogP contribution in [-0.2, 0) is 13.1 Å². The standard InChI is InChI=1S/C16H26N4/c1-17-10-15-4-5-16(18-11-15)13-20-8-6-19(7-9-20)12-14-2-3-14/h4-5,11,14,17H,2-3,6-10,12-13H2,1H3. The smallest absolute Gasteiger partial charge is 0.0544 e. The lowest BCUT2D eigenvalue weighted by atomic mass is 10.2. The predicted octanol–water partition coefficient (Wildman–Crippen LogP) is 1.33. The van der Waals surface area contributed by atoms with Crippen LogP contribution < -0.4 is 5.32 Å². The van der Waals surface area contributed by atoms with Gasteiger partial charge < -0.3 is 10.2 Å². The van der Waals surface area contributed by atoms with Crippen LogP contribution in [0.5, 0.6) is 0 Å². The summed E-state index contributed by atoms with van der Waals surface area (Å²) in [5, 5.41) is 3.15. The molecule has 0 amide bonds. The molecule has 3 rings (SSSR count). The Morgan fingerprint density at radius 3 is 2.50 bits per heavy atom. The van der Waals surface area contributed by atoms with Gasteiger partial charge in [0.15, 0.2) is 0 Å². The van der Waals surface area contributed by atoms with E-state index in [0.29, 0.717) is 0 Å². The third kappa shape index (κ3) is 4.01. The highest BCUT2D eigenvalue weighted by molar-refractivity contribution is 5.14. The van der Waals surface area contributed by atoms with Gasteiger partial charge in [0.1, 0.15) is 0 Å². The zero-order chi connectivity index (χ0) is 13.8. The summed E-state index contributed by atoms with van der Waals surface area (Å²) in [7, 11) is 1.97. The molecular weight excluding hydrogens is 248 g/mol. The van der Waals surface area contributed by atoms with Crippen molar-refractivity contribution >= 4 is 0 Å². The maximum absolute atomic E-state index is 4.57. The van der Waals surface area contributed by atoms with Crippen LogP contribution in [0.2, 0.25) is 0 Å². The van der Waals surface area contributed by atoms with Gasteiger partial charge in [0.25, 0.3) is 0 Å². The monoisotopic (exact) mass is 274 g/mol. The van der Waals surface area contributed by atoms with Gasteiger partial charge >= 0.3 is 0 Å². The number of nitrogens with one attached hydrogen (secondary N) is 1. The first-order valence-electron chi connectivity index (χ1n) is 7.86. The lowest BCUT2D eigenvalue weighted by Crippen LogP contribution is -2.46. The van der Waals surface area contributed by atoms with Crippen molar-refractivity contribution in [3.63, 3.8) is 0 Å². The van der Waals surface area contributed by atoms with Crippen molar-refractivity contribution in [3.8, 4) is 0 Å². The molecule has 1 aromatic rings. The number of aromatic nitrogens is 1. The molecule has 1 saturated carbocycles. The number of piperazine rings is 1. The van der Waals surface area contributed by atoms with Crippen LogP contribution in [0.25, 0.3) is 0 Å². The number of rotatable bonds is 6. The Labute approximate surface area is 122 Å². The van der Waals surface area contributed by atoms with Crippen molar-refractivity contribution in [1.29, 1.82) is 0 Å². The van der Waals surface area contributed by atoms with Crippen molar-refractivity contribution in [2.24, 2.45) is 5.92 Å². The molecule has 0 unspecified atom stereocenters. The first-order chi connectivity index (χ1) is 9.83. The molecule has 1 aliphatic carbocycles. The molecule has 2 heterocycles. The van der Waals surface area contributed by atoms with E-state index in [1.807, 2.05) is 13.2 Å². The fourth-order valence-electron chi connectivity index (χ4n) is 2.88. The molecule has 4 heteroatoms. The molecule has 0 bridgehead atoms. The van der Waals surface area contributed by atoms with E-state index < -0.39 is 0 Å². The Bertz CT molecular complexity index is 405. The van der Waals surface area contributed by atoms with Crippen LogP contribution in [0.1, 0.15) is 24.1 Å². The largest absolute Gasteiger partial charge is 0.316 e. The van der Waals surface area contributed by atoms with Crippen LogP contribution in [-0.4, -0.2) is 54.6 Å². The minimum absolute atomic E-state index is 0.896. The Morgan fingerprint density at radius 1 is 1.15 bits per heavy atom. The molecule has 0 spiro atoms. The van der Waals surface area contributed by atoms with Crippen LogP contribution in [0.4, 0.5) is 0 Å². The lowest BCUT2D eigenvalue weighted by molar-refractivity contribution is 0.122. The third-order valence-electron chi connectivity index (χ3n) is 4.33. The second-order valence-corrected chi connectivity index (χ2v) is 6.21. The minimum Gasteiger partial charge on any atom is -0.316 e. The van der Waals surface area contributed by atoms with Crippen molar-refractivity contribution in [2.75, 3.05) is 39.8 Å². The highest BCUT2D eigenvalue weighted by Gasteiger charge is 2.26. The summed E-state index contributed by atoms with van der Waals surface area (Å²) >= 11 is 0. The fraction of sp³-hybridized carbons (Fsp3) is 0.688. The molecule has 0 radical (unpaired) electrons. The van der Waals surface area contributed by atoms with Crippen molar-refractivity contribution in [1.82, 2.24) is 20.1 Å². The summed E-state index contributed by atoms with van der Waals surface area (Å²) < 4.78 is 0. The van der Waals surface area contributed by atoms with E-state index in [0.717, 1.165) is 19.0 Å². The van der Waals surface area contributed by atoms with E-state index in [9.17, 15) is 0 Å². The Balaban J connectivity index is 1.43. The van der Waals surface area contributed by atoms with E-state index in [2.05, 4.69) is 32.2 Å². The normalized spacial score (nSPS) is 21.2. The SMILES string of the molecule is CNCc1ccc(CN2CCN(CC3CC3)CC2)nc1. The molecule has 1 saturated heterocycles. The average Bonchev–Trinajstić information content (AvgIpc) is 3.28. The van der Waals surface area contributed by atoms with Crippen LogP contribution in [0.3, 0.4) is 0 Å². The van der Waals surface area contributed by atoms with E-state index in [4.69, 9.17) is 0 Å². The van der Waals surface area contributed by atoms with E-state index >= 15 is 0 Å². The van der Waals surface area contributed by atoms with Crippen LogP contribution >= 0.6 is 0 Å². The van der Waals surface area contributed by atoms with Gasteiger partial charge in [-0.1, -0.05) is 6.07 Å². The van der Waals surface area contributed by atoms with E-state index in [-0.39, 0.29) is 0 Å². The fourth-order valence-corrected chi connectivity index (χ4v) is 2.88. The Hall–Kier alpha value is -0.970. The summed E-state index contributed by atoms with van der Waals surface area (Å²) in [4.78, 5) is 9.74. The number of hydrogen-bond acceptors (Lipinski definition) is 4. The van der Waals surface area contributed by atoms with Gasteiger partial charge in [0.05, 0.1) is 5.69 Å². The second kappa shape index (κ2) is 6.66. The van der Waals surface area contributed by atoms with Gasteiger partial charge in [0, 0.05) is 52.0 Å². The number of pyridine rings is 1. The highest BCUT2D eigenvalue weighted by Crippen LogP contribution is 2.29. The molecule has 1 aromatic heterocycles. The quantitative estimate of drug-likeness (QED) is 0.848. The average molecular weight is 274 g/mol. The zero-order valence-electron chi connectivity index (χ0n) is 12.5. The van der Waals surface area contributed by atoms with Crippen molar-refractivity contribution < 1.29 is 0 Å². The van der Waals surface area contributed by atoms with Crippen LogP contribution in [0, 0.1) is 5.92 Å². The van der Waals surface area contributed by atoms with Gasteiger partial charge in [-0.25, -0.2) is 0 Å². The second-order valence-electron chi connectivity index (χ2n) is 6.21. The third-order valence-corrected chi connectivity index (χ3v) is 4.33. The van der Waals surface area contributed by atoms with Crippen molar-refractivity contribution in [3.05, 3.63) is 29.6 Å². The van der Waals surface area contributed by atoms with E-state index in [1.54, 1.807) is 0 Å². The first-order valence-corrected chi connectivity index (χ1v) is 7.86. The number of nitrogens with zero attached hydrogens (tertiary/aromatic N) is 3. The topological polar surface area (TPSA) is 31.4 Å². The lowest BCUT2D eigenvalue weighted by Gasteiger charge is -2.34. The van der Waals surface area contributed by atoms with Crippen LogP contribution in [0.15, 0.2) is 18.3 Å². The summed E-state index contributed by atoms with van der Waals surface area (Å²) in [5.41, 5.74) is 2.45. The first kappa shape index (κ1) is 14.0. The molecule has 1 aliphatic heterocycles. The molecule has 2 aliphatic rings. The predicted molar refractivity (Wildman–Crippen MR) is 81.4 cm³/mol. The van der Waals surface area contributed by atoms with E-state index in [1.165, 1.54) is 56.8 Å². The molecule has 110 valence electrons. The molecule has 20 heavy (non-hydrogen) atoms. The summed E-state index contributed by atoms with van der Waals surface area (Å²) in [6.07, 6.45) is 4.92. The molecule has 4 nitrogen and oxygen atoms in total. The maximum Gasteiger partial charge on any atom is 0.0544 e.